The molecule has 0 unspecified atom stereocenters. The van der Waals surface area contributed by atoms with Crippen molar-refractivity contribution in [2.24, 2.45) is 0 Å². The Balaban J connectivity index is 2.05. The van der Waals surface area contributed by atoms with E-state index in [9.17, 15) is 9.90 Å². The zero-order valence-electron chi connectivity index (χ0n) is 16.1. The molecule has 1 N–H and O–H groups in total. The number of carbonyl (C=O) groups is 1. The summed E-state index contributed by atoms with van der Waals surface area (Å²) in [4.78, 5) is 12.6. The second-order valence-electron chi connectivity index (χ2n) is 6.32. The molecule has 0 saturated carbocycles. The molecule has 2 aromatic carbocycles. The van der Waals surface area contributed by atoms with Crippen LogP contribution < -0.4 is 9.47 Å². The van der Waals surface area contributed by atoms with Crippen LogP contribution in [0.3, 0.4) is 0 Å². The van der Waals surface area contributed by atoms with Crippen molar-refractivity contribution in [3.63, 3.8) is 0 Å². The predicted molar refractivity (Wildman–Crippen MR) is 109 cm³/mol. The van der Waals surface area contributed by atoms with Gasteiger partial charge < -0.3 is 14.6 Å². The lowest BCUT2D eigenvalue weighted by Gasteiger charge is -2.10. The smallest absolute Gasteiger partial charge is 0.193 e. The molecule has 0 bridgehead atoms. The number of aromatic hydroxyl groups is 1. The van der Waals surface area contributed by atoms with Crippen LogP contribution in [-0.2, 0) is 0 Å². The number of carbonyl (C=O) groups excluding carboxylic acids is 1. The Labute approximate surface area is 161 Å². The lowest BCUT2D eigenvalue weighted by Crippen LogP contribution is -2.03. The van der Waals surface area contributed by atoms with Crippen molar-refractivity contribution >= 4 is 11.9 Å². The van der Waals surface area contributed by atoms with E-state index in [2.05, 4.69) is 13.8 Å². The molecule has 4 nitrogen and oxygen atoms in total. The fourth-order valence-electron chi connectivity index (χ4n) is 2.48. The molecular formula is C23H28O4. The van der Waals surface area contributed by atoms with Crippen molar-refractivity contribution in [1.29, 1.82) is 0 Å². The topological polar surface area (TPSA) is 55.8 Å². The van der Waals surface area contributed by atoms with E-state index >= 15 is 0 Å². The number of hydrogen-bond acceptors (Lipinski definition) is 4. The van der Waals surface area contributed by atoms with Crippen molar-refractivity contribution in [3.05, 3.63) is 59.7 Å². The Bertz CT molecular complexity index is 747. The highest BCUT2D eigenvalue weighted by atomic mass is 16.5. The van der Waals surface area contributed by atoms with Crippen LogP contribution >= 0.6 is 0 Å². The number of rotatable bonds is 11. The van der Waals surface area contributed by atoms with Crippen molar-refractivity contribution in [2.45, 2.75) is 39.5 Å². The van der Waals surface area contributed by atoms with Crippen LogP contribution in [0.25, 0.3) is 6.08 Å². The molecule has 0 spiro atoms. The van der Waals surface area contributed by atoms with Crippen LogP contribution in [0.4, 0.5) is 0 Å². The van der Waals surface area contributed by atoms with Gasteiger partial charge in [-0.05, 0) is 48.7 Å². The van der Waals surface area contributed by atoms with Gasteiger partial charge in [0.25, 0.3) is 0 Å². The highest BCUT2D eigenvalue weighted by Crippen LogP contribution is 2.29. The fourth-order valence-corrected chi connectivity index (χ4v) is 2.48. The number of hydrogen-bond donors (Lipinski definition) is 1. The Morgan fingerprint density at radius 3 is 2.30 bits per heavy atom. The number of allylic oxidation sites excluding steroid dienone is 1. The van der Waals surface area contributed by atoms with Gasteiger partial charge in [-0.1, -0.05) is 51.0 Å². The molecule has 0 saturated heterocycles. The Morgan fingerprint density at radius 1 is 0.963 bits per heavy atom. The standard InChI is InChI=1S/C23H28O4/c1-3-5-16-26-19-13-10-18(11-14-19)12-15-21(25)23-20(24)8-7-9-22(23)27-17-6-4-2/h7-15,24H,3-6,16-17H2,1-2H3/b15-12+. The summed E-state index contributed by atoms with van der Waals surface area (Å²) in [5, 5.41) is 10.1. The van der Waals surface area contributed by atoms with Gasteiger partial charge in [-0.2, -0.15) is 0 Å². The van der Waals surface area contributed by atoms with Crippen molar-refractivity contribution < 1.29 is 19.4 Å². The van der Waals surface area contributed by atoms with Crippen LogP contribution in [0.1, 0.15) is 55.5 Å². The van der Waals surface area contributed by atoms with Crippen LogP contribution in [0.15, 0.2) is 48.5 Å². The average molecular weight is 368 g/mol. The SMILES string of the molecule is CCCCOc1ccc(/C=C/C(=O)c2c(O)cccc2OCCCC)cc1. The second kappa shape index (κ2) is 11.1. The number of unbranched alkanes of at least 4 members (excludes halogenated alkanes) is 2. The lowest BCUT2D eigenvalue weighted by molar-refractivity contribution is 0.104. The van der Waals surface area contributed by atoms with E-state index in [0.717, 1.165) is 37.0 Å². The quantitative estimate of drug-likeness (QED) is 0.316. The van der Waals surface area contributed by atoms with Gasteiger partial charge in [-0.3, -0.25) is 4.79 Å². The first-order valence-corrected chi connectivity index (χ1v) is 9.55. The predicted octanol–water partition coefficient (Wildman–Crippen LogP) is 5.65. The highest BCUT2D eigenvalue weighted by molar-refractivity contribution is 6.10. The van der Waals surface area contributed by atoms with E-state index in [-0.39, 0.29) is 17.1 Å². The third kappa shape index (κ3) is 6.48. The number of ketones is 1. The molecule has 0 aliphatic heterocycles. The summed E-state index contributed by atoms with van der Waals surface area (Å²) < 4.78 is 11.3. The molecular weight excluding hydrogens is 340 g/mol. The summed E-state index contributed by atoms with van der Waals surface area (Å²) in [6, 6.07) is 12.4. The summed E-state index contributed by atoms with van der Waals surface area (Å²) in [5.74, 6) is 0.873. The Morgan fingerprint density at radius 2 is 1.63 bits per heavy atom. The Hall–Kier alpha value is -2.75. The molecule has 144 valence electrons. The summed E-state index contributed by atoms with van der Waals surface area (Å²) >= 11 is 0. The minimum absolute atomic E-state index is 0.0710. The third-order valence-corrected chi connectivity index (χ3v) is 4.08. The maximum Gasteiger partial charge on any atom is 0.193 e. The van der Waals surface area contributed by atoms with Gasteiger partial charge in [-0.15, -0.1) is 0 Å². The largest absolute Gasteiger partial charge is 0.507 e. The number of phenols is 1. The van der Waals surface area contributed by atoms with Crippen LogP contribution in [0, 0.1) is 0 Å². The molecule has 2 rings (SSSR count). The van der Waals surface area contributed by atoms with Crippen LogP contribution in [0.5, 0.6) is 17.2 Å². The fraction of sp³-hybridized carbons (Fsp3) is 0.348. The molecule has 0 aliphatic carbocycles. The van der Waals surface area contributed by atoms with E-state index in [0.29, 0.717) is 19.0 Å². The normalized spacial score (nSPS) is 10.9. The highest BCUT2D eigenvalue weighted by Gasteiger charge is 2.15. The molecule has 0 amide bonds. The molecule has 0 aliphatic rings. The summed E-state index contributed by atoms with van der Waals surface area (Å²) in [5.41, 5.74) is 1.08. The maximum atomic E-state index is 12.6. The minimum atomic E-state index is -0.289. The second-order valence-corrected chi connectivity index (χ2v) is 6.32. The summed E-state index contributed by atoms with van der Waals surface area (Å²) in [6.45, 7) is 5.42. The van der Waals surface area contributed by atoms with Gasteiger partial charge in [0.1, 0.15) is 22.8 Å². The van der Waals surface area contributed by atoms with Crippen LogP contribution in [-0.4, -0.2) is 24.1 Å². The molecule has 0 aromatic heterocycles. The third-order valence-electron chi connectivity index (χ3n) is 4.08. The number of phenolic OH excluding ortho intramolecular Hbond substituents is 1. The minimum Gasteiger partial charge on any atom is -0.507 e. The molecule has 27 heavy (non-hydrogen) atoms. The molecule has 0 radical (unpaired) electrons. The lowest BCUT2D eigenvalue weighted by atomic mass is 10.1. The summed E-state index contributed by atoms with van der Waals surface area (Å²) in [6.07, 6.45) is 7.19. The first-order chi connectivity index (χ1) is 13.2. The molecule has 2 aromatic rings. The average Bonchev–Trinajstić information content (AvgIpc) is 2.68. The molecule has 4 heteroatoms. The van der Waals surface area contributed by atoms with Gasteiger partial charge in [-0.25, -0.2) is 0 Å². The van der Waals surface area contributed by atoms with E-state index in [1.807, 2.05) is 24.3 Å². The monoisotopic (exact) mass is 368 g/mol. The first-order valence-electron chi connectivity index (χ1n) is 9.55. The van der Waals surface area contributed by atoms with E-state index in [1.165, 1.54) is 12.1 Å². The maximum absolute atomic E-state index is 12.6. The van der Waals surface area contributed by atoms with Gasteiger partial charge in [0.2, 0.25) is 0 Å². The van der Waals surface area contributed by atoms with Crippen molar-refractivity contribution in [2.75, 3.05) is 13.2 Å². The van der Waals surface area contributed by atoms with E-state index < -0.39 is 0 Å². The molecule has 0 atom stereocenters. The number of benzene rings is 2. The van der Waals surface area contributed by atoms with Crippen molar-refractivity contribution in [1.82, 2.24) is 0 Å². The van der Waals surface area contributed by atoms with Crippen molar-refractivity contribution in [3.8, 4) is 17.2 Å². The number of ether oxygens (including phenoxy) is 2. The first kappa shape index (κ1) is 20.6. The molecule has 0 heterocycles. The van der Waals surface area contributed by atoms with Crippen LogP contribution in [0.2, 0.25) is 0 Å². The summed E-state index contributed by atoms with van der Waals surface area (Å²) in [7, 11) is 0. The van der Waals surface area contributed by atoms with E-state index in [1.54, 1.807) is 18.2 Å². The van der Waals surface area contributed by atoms with E-state index in [4.69, 9.17) is 9.47 Å². The van der Waals surface area contributed by atoms with Gasteiger partial charge in [0.15, 0.2) is 5.78 Å². The molecule has 0 fully saturated rings. The van der Waals surface area contributed by atoms with Gasteiger partial charge in [0.05, 0.1) is 13.2 Å². The zero-order chi connectivity index (χ0) is 19.5. The zero-order valence-corrected chi connectivity index (χ0v) is 16.1. The Kier molecular flexibility index (Phi) is 8.43. The van der Waals surface area contributed by atoms with Gasteiger partial charge >= 0.3 is 0 Å². The van der Waals surface area contributed by atoms with Gasteiger partial charge in [0, 0.05) is 0 Å².